The largest absolute Gasteiger partial charge is 0.272 e. The maximum atomic E-state index is 12.4. The summed E-state index contributed by atoms with van der Waals surface area (Å²) < 4.78 is 26.6. The van der Waals surface area contributed by atoms with Crippen LogP contribution in [0.5, 0.6) is 0 Å². The maximum Gasteiger partial charge on any atom is 0.216 e. The van der Waals surface area contributed by atoms with Crippen LogP contribution in [0.25, 0.3) is 6.08 Å². The molecule has 2 aromatic rings. The first kappa shape index (κ1) is 15.0. The molecule has 1 aromatic heterocycles. The van der Waals surface area contributed by atoms with Gasteiger partial charge in [-0.2, -0.15) is 10.4 Å². The molecule has 0 N–H and O–H groups in total. The Morgan fingerprint density at radius 3 is 2.57 bits per heavy atom. The highest BCUT2D eigenvalue weighted by molar-refractivity contribution is 7.95. The molecule has 2 rings (SSSR count). The van der Waals surface area contributed by atoms with Gasteiger partial charge in [-0.1, -0.05) is 18.2 Å². The van der Waals surface area contributed by atoms with E-state index in [4.69, 9.17) is 0 Å². The number of hydrogen-bond acceptors (Lipinski definition) is 4. The van der Waals surface area contributed by atoms with E-state index in [1.807, 2.05) is 6.92 Å². The minimum atomic E-state index is -3.80. The predicted octanol–water partition coefficient (Wildman–Crippen LogP) is 2.55. The fourth-order valence-corrected chi connectivity index (χ4v) is 3.05. The van der Waals surface area contributed by atoms with Crippen LogP contribution in [0.3, 0.4) is 0 Å². The molecule has 0 unspecified atom stereocenters. The van der Waals surface area contributed by atoms with Crippen molar-refractivity contribution in [2.75, 3.05) is 0 Å². The van der Waals surface area contributed by atoms with E-state index >= 15 is 0 Å². The molecule has 0 atom stereocenters. The lowest BCUT2D eigenvalue weighted by Crippen LogP contribution is -2.03. The van der Waals surface area contributed by atoms with Crippen LogP contribution in [-0.4, -0.2) is 18.2 Å². The number of aryl methyl sites for hydroxylation is 2. The molecular formula is C15H15N3O2S. The van der Waals surface area contributed by atoms with Gasteiger partial charge in [-0.25, -0.2) is 8.42 Å². The van der Waals surface area contributed by atoms with E-state index in [-0.39, 0.29) is 9.80 Å². The molecule has 0 aliphatic heterocycles. The summed E-state index contributed by atoms with van der Waals surface area (Å²) in [4.78, 5) is -0.175. The van der Waals surface area contributed by atoms with E-state index < -0.39 is 9.84 Å². The summed E-state index contributed by atoms with van der Waals surface area (Å²) in [5.74, 6) is 0. The first-order valence-corrected chi connectivity index (χ1v) is 7.93. The summed E-state index contributed by atoms with van der Waals surface area (Å²) >= 11 is 0. The van der Waals surface area contributed by atoms with Gasteiger partial charge in [0, 0.05) is 18.3 Å². The Morgan fingerprint density at radius 1 is 1.38 bits per heavy atom. The number of benzene rings is 1. The molecule has 0 saturated carbocycles. The summed E-state index contributed by atoms with van der Waals surface area (Å²) in [6.07, 6.45) is 3.10. The van der Waals surface area contributed by atoms with E-state index in [9.17, 15) is 13.7 Å². The molecule has 0 amide bonds. The monoisotopic (exact) mass is 301 g/mol. The Balaban J connectivity index is 2.51. The Kier molecular flexibility index (Phi) is 4.24. The summed E-state index contributed by atoms with van der Waals surface area (Å²) in [6.45, 7) is 4.40. The number of hydrogen-bond donors (Lipinski definition) is 0. The summed E-state index contributed by atoms with van der Waals surface area (Å²) in [6, 6.07) is 9.71. The molecule has 0 fully saturated rings. The van der Waals surface area contributed by atoms with Gasteiger partial charge in [0.05, 0.1) is 10.6 Å². The molecule has 21 heavy (non-hydrogen) atoms. The van der Waals surface area contributed by atoms with Crippen LogP contribution in [-0.2, 0) is 16.4 Å². The first-order chi connectivity index (χ1) is 9.98. The number of aromatic nitrogens is 2. The van der Waals surface area contributed by atoms with Crippen LogP contribution in [0.1, 0.15) is 18.2 Å². The molecule has 0 aliphatic carbocycles. The lowest BCUT2D eigenvalue weighted by molar-refractivity contribution is 0.603. The van der Waals surface area contributed by atoms with E-state index in [0.29, 0.717) is 17.8 Å². The third-order valence-electron chi connectivity index (χ3n) is 3.05. The molecule has 1 heterocycles. The third-order valence-corrected chi connectivity index (χ3v) is 4.73. The zero-order chi connectivity index (χ0) is 15.5. The third kappa shape index (κ3) is 3.03. The second-order valence-corrected chi connectivity index (χ2v) is 6.38. The Labute approximate surface area is 124 Å². The molecule has 108 valence electrons. The molecule has 6 heteroatoms. The number of sulfone groups is 1. The smallest absolute Gasteiger partial charge is 0.216 e. The van der Waals surface area contributed by atoms with Gasteiger partial charge in [-0.3, -0.25) is 4.68 Å². The number of allylic oxidation sites excluding steroid dienone is 1. The second-order valence-electron chi connectivity index (χ2n) is 4.46. The zero-order valence-corrected chi connectivity index (χ0v) is 12.6. The van der Waals surface area contributed by atoms with E-state index in [1.165, 1.54) is 18.2 Å². The van der Waals surface area contributed by atoms with Crippen molar-refractivity contribution in [3.05, 3.63) is 52.7 Å². The molecule has 0 aliphatic rings. The van der Waals surface area contributed by atoms with Crippen LogP contribution in [0.15, 0.2) is 46.3 Å². The van der Waals surface area contributed by atoms with E-state index in [1.54, 1.807) is 42.1 Å². The van der Waals surface area contributed by atoms with Crippen LogP contribution in [0.4, 0.5) is 0 Å². The fourth-order valence-electron chi connectivity index (χ4n) is 1.87. The predicted molar refractivity (Wildman–Crippen MR) is 79.9 cm³/mol. The summed E-state index contributed by atoms with van der Waals surface area (Å²) in [7, 11) is -3.80. The van der Waals surface area contributed by atoms with Crippen molar-refractivity contribution >= 4 is 15.9 Å². The first-order valence-electron chi connectivity index (χ1n) is 6.45. The van der Waals surface area contributed by atoms with Gasteiger partial charge in [-0.15, -0.1) is 0 Å². The highest BCUT2D eigenvalue weighted by atomic mass is 32.2. The number of nitriles is 1. The topological polar surface area (TPSA) is 75.8 Å². The van der Waals surface area contributed by atoms with Gasteiger partial charge in [0.25, 0.3) is 0 Å². The summed E-state index contributed by atoms with van der Waals surface area (Å²) in [5.41, 5.74) is 1.32. The van der Waals surface area contributed by atoms with Crippen molar-refractivity contribution in [1.29, 1.82) is 5.26 Å². The zero-order valence-electron chi connectivity index (χ0n) is 11.8. The highest BCUT2D eigenvalue weighted by Crippen LogP contribution is 2.21. The van der Waals surface area contributed by atoms with E-state index in [0.717, 1.165) is 0 Å². The Bertz CT molecular complexity index is 812. The van der Waals surface area contributed by atoms with Gasteiger partial charge in [0.1, 0.15) is 11.0 Å². The lowest BCUT2D eigenvalue weighted by atomic mass is 10.2. The Hall–Kier alpha value is -2.39. The molecular weight excluding hydrogens is 286 g/mol. The number of rotatable bonds is 4. The quantitative estimate of drug-likeness (QED) is 0.813. The average molecular weight is 301 g/mol. The molecule has 1 aromatic carbocycles. The average Bonchev–Trinajstić information content (AvgIpc) is 2.85. The van der Waals surface area contributed by atoms with Crippen molar-refractivity contribution in [2.45, 2.75) is 25.3 Å². The summed E-state index contributed by atoms with van der Waals surface area (Å²) in [5, 5.41) is 13.5. The standard InChI is InChI=1S/C15H15N3O2S/c1-3-18-11-13(12(2)17-18)9-15(10-16)21(19,20)14-7-5-4-6-8-14/h4-9,11H,3H2,1-2H3. The molecule has 0 spiro atoms. The minimum Gasteiger partial charge on any atom is -0.272 e. The van der Waals surface area contributed by atoms with E-state index in [2.05, 4.69) is 5.10 Å². The van der Waals surface area contributed by atoms with Crippen molar-refractivity contribution in [3.8, 4) is 6.07 Å². The van der Waals surface area contributed by atoms with Crippen molar-refractivity contribution in [2.24, 2.45) is 0 Å². The maximum absolute atomic E-state index is 12.4. The van der Waals surface area contributed by atoms with Gasteiger partial charge >= 0.3 is 0 Å². The lowest BCUT2D eigenvalue weighted by Gasteiger charge is -2.02. The highest BCUT2D eigenvalue weighted by Gasteiger charge is 2.21. The van der Waals surface area contributed by atoms with Crippen LogP contribution >= 0.6 is 0 Å². The van der Waals surface area contributed by atoms with Crippen molar-refractivity contribution in [3.63, 3.8) is 0 Å². The van der Waals surface area contributed by atoms with Crippen molar-refractivity contribution in [1.82, 2.24) is 9.78 Å². The molecule has 0 bridgehead atoms. The molecule has 0 radical (unpaired) electrons. The molecule has 5 nitrogen and oxygen atoms in total. The Morgan fingerprint density at radius 2 is 2.05 bits per heavy atom. The SMILES string of the molecule is CCn1cc(C=C(C#N)S(=O)(=O)c2ccccc2)c(C)n1. The fraction of sp³-hybridized carbons (Fsp3) is 0.200. The van der Waals surface area contributed by atoms with Crippen LogP contribution < -0.4 is 0 Å². The van der Waals surface area contributed by atoms with Crippen molar-refractivity contribution < 1.29 is 8.42 Å². The van der Waals surface area contributed by atoms with Crippen LogP contribution in [0, 0.1) is 18.3 Å². The second kappa shape index (κ2) is 5.94. The number of nitrogens with zero attached hydrogens (tertiary/aromatic N) is 3. The normalized spacial score (nSPS) is 12.1. The molecule has 0 saturated heterocycles. The van der Waals surface area contributed by atoms with Gasteiger partial charge < -0.3 is 0 Å². The van der Waals surface area contributed by atoms with Crippen LogP contribution in [0.2, 0.25) is 0 Å². The minimum absolute atomic E-state index is 0.110. The van der Waals surface area contributed by atoms with Gasteiger partial charge in [0.15, 0.2) is 0 Å². The van der Waals surface area contributed by atoms with Gasteiger partial charge in [0.2, 0.25) is 9.84 Å². The van der Waals surface area contributed by atoms with Gasteiger partial charge in [-0.05, 0) is 32.1 Å².